The molecule has 1 aliphatic rings. The van der Waals surface area contributed by atoms with Gasteiger partial charge in [-0.05, 0) is 6.92 Å². The average molecular weight is 223 g/mol. The molecule has 1 rings (SSSR count). The fourth-order valence-electron chi connectivity index (χ4n) is 1.29. The number of ether oxygens (including phenoxy) is 1. The molecule has 1 fully saturated rings. The van der Waals surface area contributed by atoms with Crippen LogP contribution in [0.1, 0.15) is 6.92 Å². The lowest BCUT2D eigenvalue weighted by atomic mass is 10.2. The van der Waals surface area contributed by atoms with Gasteiger partial charge in [-0.25, -0.2) is 13.2 Å². The number of carbonyl (C=O) groups excluding carboxylic acids is 1. The first kappa shape index (κ1) is 11.3. The van der Waals surface area contributed by atoms with Gasteiger partial charge in [-0.1, -0.05) is 0 Å². The molecule has 7 heteroatoms. The second-order valence-electron chi connectivity index (χ2n) is 3.12. The zero-order valence-electron chi connectivity index (χ0n) is 7.76. The molecule has 6 nitrogen and oxygen atoms in total. The quantitative estimate of drug-likeness (QED) is 0.619. The molecule has 0 spiro atoms. The maximum absolute atomic E-state index is 11.0. The minimum absolute atomic E-state index is 0.210. The molecule has 14 heavy (non-hydrogen) atoms. The van der Waals surface area contributed by atoms with E-state index in [4.69, 9.17) is 0 Å². The Morgan fingerprint density at radius 3 is 2.64 bits per heavy atom. The van der Waals surface area contributed by atoms with Crippen LogP contribution >= 0.6 is 0 Å². The Balaban J connectivity index is 2.51. The molecular formula is C7H13NO5S. The zero-order chi connectivity index (χ0) is 10.8. The Hall–Kier alpha value is -0.820. The van der Waals surface area contributed by atoms with Gasteiger partial charge in [-0.2, -0.15) is 0 Å². The number of aliphatic hydroxyl groups excluding tert-OH is 1. The lowest BCUT2D eigenvalue weighted by Crippen LogP contribution is -2.42. The van der Waals surface area contributed by atoms with Gasteiger partial charge in [0.05, 0.1) is 30.3 Å². The summed E-state index contributed by atoms with van der Waals surface area (Å²) in [4.78, 5) is 10.9. The topological polar surface area (TPSA) is 92.7 Å². The number of rotatable bonds is 2. The van der Waals surface area contributed by atoms with Gasteiger partial charge in [-0.15, -0.1) is 0 Å². The van der Waals surface area contributed by atoms with Crippen molar-refractivity contribution in [3.63, 3.8) is 0 Å². The van der Waals surface area contributed by atoms with Gasteiger partial charge >= 0.3 is 6.09 Å². The van der Waals surface area contributed by atoms with Crippen LogP contribution in [0.25, 0.3) is 0 Å². The summed E-state index contributed by atoms with van der Waals surface area (Å²) in [6.07, 6.45) is -1.74. The SMILES string of the molecule is CCOC(=O)N[C@@H]1CS(=O)(=O)C[C@H]1O. The number of alkyl carbamates (subject to hydrolysis) is 1. The molecule has 2 N–H and O–H groups in total. The van der Waals surface area contributed by atoms with Crippen LogP contribution in [0.5, 0.6) is 0 Å². The molecular weight excluding hydrogens is 210 g/mol. The molecule has 1 saturated heterocycles. The minimum Gasteiger partial charge on any atom is -0.450 e. The fourth-order valence-corrected chi connectivity index (χ4v) is 3.03. The first-order valence-corrected chi connectivity index (χ1v) is 6.08. The number of hydrogen-bond acceptors (Lipinski definition) is 5. The van der Waals surface area contributed by atoms with Crippen molar-refractivity contribution in [2.75, 3.05) is 18.1 Å². The standard InChI is InChI=1S/C7H13NO5S/c1-2-13-7(10)8-5-3-14(11,12)4-6(5)9/h5-6,9H,2-4H2,1H3,(H,8,10)/t5-,6-/m1/s1. The summed E-state index contributed by atoms with van der Waals surface area (Å²) >= 11 is 0. The average Bonchev–Trinajstić information content (AvgIpc) is 2.25. The van der Waals surface area contributed by atoms with Crippen molar-refractivity contribution in [3.8, 4) is 0 Å². The van der Waals surface area contributed by atoms with Crippen LogP contribution in [0.15, 0.2) is 0 Å². The Morgan fingerprint density at radius 2 is 2.21 bits per heavy atom. The second-order valence-corrected chi connectivity index (χ2v) is 5.27. The van der Waals surface area contributed by atoms with E-state index in [0.29, 0.717) is 0 Å². The normalized spacial score (nSPS) is 29.9. The monoisotopic (exact) mass is 223 g/mol. The lowest BCUT2D eigenvalue weighted by Gasteiger charge is -2.13. The highest BCUT2D eigenvalue weighted by Gasteiger charge is 2.37. The summed E-state index contributed by atoms with van der Waals surface area (Å²) in [5.41, 5.74) is 0. The van der Waals surface area contributed by atoms with Crippen molar-refractivity contribution >= 4 is 15.9 Å². The third kappa shape index (κ3) is 2.85. The van der Waals surface area contributed by atoms with Gasteiger partial charge in [0.15, 0.2) is 9.84 Å². The summed E-state index contributed by atoms with van der Waals surface area (Å²) in [5.74, 6) is -0.531. The summed E-state index contributed by atoms with van der Waals surface area (Å²) in [5, 5.41) is 11.6. The van der Waals surface area contributed by atoms with E-state index in [1.165, 1.54) is 0 Å². The zero-order valence-corrected chi connectivity index (χ0v) is 8.58. The van der Waals surface area contributed by atoms with Gasteiger partial charge in [0.25, 0.3) is 0 Å². The van der Waals surface area contributed by atoms with E-state index in [-0.39, 0.29) is 18.1 Å². The Morgan fingerprint density at radius 1 is 1.57 bits per heavy atom. The molecule has 1 amide bonds. The van der Waals surface area contributed by atoms with Crippen LogP contribution in [0, 0.1) is 0 Å². The van der Waals surface area contributed by atoms with Crippen LogP contribution in [0.3, 0.4) is 0 Å². The van der Waals surface area contributed by atoms with Crippen molar-refractivity contribution in [2.45, 2.75) is 19.1 Å². The van der Waals surface area contributed by atoms with E-state index in [1.54, 1.807) is 6.92 Å². The molecule has 0 saturated carbocycles. The largest absolute Gasteiger partial charge is 0.450 e. The predicted molar refractivity (Wildman–Crippen MR) is 48.6 cm³/mol. The molecule has 0 aromatic rings. The highest BCUT2D eigenvalue weighted by atomic mass is 32.2. The van der Waals surface area contributed by atoms with Crippen molar-refractivity contribution in [1.82, 2.24) is 5.32 Å². The lowest BCUT2D eigenvalue weighted by molar-refractivity contribution is 0.127. The molecule has 0 aromatic carbocycles. The molecule has 1 heterocycles. The number of carbonyl (C=O) groups is 1. The summed E-state index contributed by atoms with van der Waals surface area (Å²) < 4.78 is 26.6. The Bertz CT molecular complexity index is 312. The maximum Gasteiger partial charge on any atom is 0.407 e. The third-order valence-corrected chi connectivity index (χ3v) is 3.62. The molecule has 0 aromatic heterocycles. The smallest absolute Gasteiger partial charge is 0.407 e. The molecule has 0 aliphatic carbocycles. The van der Waals surface area contributed by atoms with Crippen molar-refractivity contribution < 1.29 is 23.1 Å². The van der Waals surface area contributed by atoms with Gasteiger partial charge in [-0.3, -0.25) is 0 Å². The maximum atomic E-state index is 11.0. The Kier molecular flexibility index (Phi) is 3.33. The summed E-state index contributed by atoms with van der Waals surface area (Å²) in [6.45, 7) is 1.85. The van der Waals surface area contributed by atoms with E-state index in [0.717, 1.165) is 0 Å². The number of hydrogen-bond donors (Lipinski definition) is 2. The van der Waals surface area contributed by atoms with E-state index >= 15 is 0 Å². The summed E-state index contributed by atoms with van der Waals surface area (Å²) in [7, 11) is -3.23. The van der Waals surface area contributed by atoms with Crippen LogP contribution in [0.2, 0.25) is 0 Å². The van der Waals surface area contributed by atoms with Crippen LogP contribution in [-0.2, 0) is 14.6 Å². The number of aliphatic hydroxyl groups is 1. The predicted octanol–water partition coefficient (Wildman–Crippen LogP) is -1.11. The van der Waals surface area contributed by atoms with Gasteiger partial charge in [0.1, 0.15) is 0 Å². The minimum atomic E-state index is -3.23. The van der Waals surface area contributed by atoms with Crippen LogP contribution in [-0.4, -0.2) is 49.9 Å². The number of nitrogens with one attached hydrogen (secondary N) is 1. The van der Waals surface area contributed by atoms with Gasteiger partial charge in [0, 0.05) is 0 Å². The van der Waals surface area contributed by atoms with Crippen molar-refractivity contribution in [1.29, 1.82) is 0 Å². The first-order chi connectivity index (χ1) is 6.44. The van der Waals surface area contributed by atoms with E-state index in [9.17, 15) is 18.3 Å². The molecule has 0 bridgehead atoms. The van der Waals surface area contributed by atoms with Gasteiger partial charge < -0.3 is 15.2 Å². The molecule has 0 unspecified atom stereocenters. The number of sulfone groups is 1. The van der Waals surface area contributed by atoms with Crippen molar-refractivity contribution in [2.24, 2.45) is 0 Å². The number of amides is 1. The molecule has 82 valence electrons. The third-order valence-electron chi connectivity index (χ3n) is 1.90. The Labute approximate surface area is 82.2 Å². The highest BCUT2D eigenvalue weighted by molar-refractivity contribution is 7.91. The first-order valence-electron chi connectivity index (χ1n) is 4.26. The van der Waals surface area contributed by atoms with Crippen LogP contribution < -0.4 is 5.32 Å². The summed E-state index contributed by atoms with van der Waals surface area (Å²) in [6, 6.07) is -0.751. The molecule has 2 atom stereocenters. The fraction of sp³-hybridized carbons (Fsp3) is 0.857. The highest BCUT2D eigenvalue weighted by Crippen LogP contribution is 2.12. The van der Waals surface area contributed by atoms with Crippen molar-refractivity contribution in [3.05, 3.63) is 0 Å². The second kappa shape index (κ2) is 4.14. The van der Waals surface area contributed by atoms with E-state index < -0.39 is 28.1 Å². The van der Waals surface area contributed by atoms with E-state index in [2.05, 4.69) is 10.1 Å². The molecule has 1 aliphatic heterocycles. The molecule has 0 radical (unpaired) electrons. The van der Waals surface area contributed by atoms with Crippen LogP contribution in [0.4, 0.5) is 4.79 Å². The van der Waals surface area contributed by atoms with Gasteiger partial charge in [0.2, 0.25) is 0 Å². The van der Waals surface area contributed by atoms with E-state index in [1.807, 2.05) is 0 Å².